The summed E-state index contributed by atoms with van der Waals surface area (Å²) in [6.45, 7) is 0.814. The molecule has 4 rings (SSSR count). The van der Waals surface area contributed by atoms with Crippen LogP contribution in [0.3, 0.4) is 0 Å². The first-order chi connectivity index (χ1) is 16.1. The highest BCUT2D eigenvalue weighted by Crippen LogP contribution is 2.32. The van der Waals surface area contributed by atoms with Gasteiger partial charge in [0.1, 0.15) is 24.0 Å². The minimum absolute atomic E-state index is 0.00185. The van der Waals surface area contributed by atoms with Gasteiger partial charge in [0.05, 0.1) is 11.6 Å². The third kappa shape index (κ3) is 5.49. The lowest BCUT2D eigenvalue weighted by Crippen LogP contribution is -2.23. The van der Waals surface area contributed by atoms with Crippen molar-refractivity contribution in [1.29, 1.82) is 10.5 Å². The predicted molar refractivity (Wildman–Crippen MR) is 120 cm³/mol. The molecule has 7 nitrogen and oxygen atoms in total. The van der Waals surface area contributed by atoms with Gasteiger partial charge in [-0.05, 0) is 59.2 Å². The number of carbonyl (C=O) groups excluding carboxylic acids is 1. The fraction of sp³-hybridized carbons (Fsp3) is 0.115. The largest absolute Gasteiger partial charge is 0.489 e. The van der Waals surface area contributed by atoms with Gasteiger partial charge in [-0.1, -0.05) is 30.3 Å². The van der Waals surface area contributed by atoms with Crippen LogP contribution in [0.4, 0.5) is 0 Å². The van der Waals surface area contributed by atoms with Crippen molar-refractivity contribution in [2.24, 2.45) is 0 Å². The summed E-state index contributed by atoms with van der Waals surface area (Å²) in [6, 6.07) is 23.7. The molecular formula is C26H19N3O4. The number of nitrogens with one attached hydrogen (secondary N) is 1. The standard InChI is InChI=1S/C26H19N3O4/c27-13-19-1-3-20(4-2-19)16-31-23-8-5-18(6-9-23)11-22(14-28)26(30)29-15-21-7-10-24-25(12-21)33-17-32-24/h1-12H,15-17H2,(H,29,30)/b22-11+. The normalized spacial score (nSPS) is 11.9. The summed E-state index contributed by atoms with van der Waals surface area (Å²) in [5, 5.41) is 21.0. The first kappa shape index (κ1) is 21.5. The topological polar surface area (TPSA) is 104 Å². The van der Waals surface area contributed by atoms with Crippen molar-refractivity contribution < 1.29 is 19.0 Å². The summed E-state index contributed by atoms with van der Waals surface area (Å²) in [4.78, 5) is 12.5. The quantitative estimate of drug-likeness (QED) is 0.441. The van der Waals surface area contributed by atoms with Crippen molar-refractivity contribution in [3.05, 3.63) is 94.6 Å². The molecule has 0 bridgehead atoms. The molecule has 0 unspecified atom stereocenters. The minimum Gasteiger partial charge on any atom is -0.489 e. The molecule has 7 heteroatoms. The van der Waals surface area contributed by atoms with Crippen molar-refractivity contribution in [1.82, 2.24) is 5.32 Å². The van der Waals surface area contributed by atoms with Crippen LogP contribution in [0.15, 0.2) is 72.3 Å². The Kier molecular flexibility index (Phi) is 6.53. The molecule has 0 saturated heterocycles. The SMILES string of the molecule is N#C/C(=C\c1ccc(OCc2ccc(C#N)cc2)cc1)C(=O)NCc1ccc2c(c1)OCO2. The molecule has 0 spiro atoms. The Labute approximate surface area is 191 Å². The molecule has 162 valence electrons. The highest BCUT2D eigenvalue weighted by atomic mass is 16.7. The van der Waals surface area contributed by atoms with Gasteiger partial charge in [0.2, 0.25) is 6.79 Å². The number of hydrogen-bond donors (Lipinski definition) is 1. The number of rotatable bonds is 7. The van der Waals surface area contributed by atoms with Gasteiger partial charge >= 0.3 is 0 Å². The number of nitrogens with zero attached hydrogens (tertiary/aromatic N) is 2. The van der Waals surface area contributed by atoms with E-state index in [0.29, 0.717) is 35.0 Å². The van der Waals surface area contributed by atoms with Gasteiger partial charge in [-0.15, -0.1) is 0 Å². The van der Waals surface area contributed by atoms with Gasteiger partial charge in [-0.3, -0.25) is 4.79 Å². The van der Waals surface area contributed by atoms with E-state index < -0.39 is 5.91 Å². The van der Waals surface area contributed by atoms with Crippen LogP contribution in [0.1, 0.15) is 22.3 Å². The zero-order chi connectivity index (χ0) is 23.0. The van der Waals surface area contributed by atoms with E-state index in [2.05, 4.69) is 11.4 Å². The molecule has 3 aromatic carbocycles. The lowest BCUT2D eigenvalue weighted by molar-refractivity contribution is -0.117. The van der Waals surface area contributed by atoms with Crippen LogP contribution in [0.5, 0.6) is 17.2 Å². The average molecular weight is 437 g/mol. The van der Waals surface area contributed by atoms with Crippen LogP contribution in [0.25, 0.3) is 6.08 Å². The molecule has 1 N–H and O–H groups in total. The van der Waals surface area contributed by atoms with Gasteiger partial charge in [0.25, 0.3) is 5.91 Å². The molecule has 0 radical (unpaired) electrons. The number of carbonyl (C=O) groups is 1. The Bertz CT molecular complexity index is 1270. The number of hydrogen-bond acceptors (Lipinski definition) is 6. The summed E-state index contributed by atoms with van der Waals surface area (Å²) in [5.74, 6) is 1.50. The Morgan fingerprint density at radius 1 is 0.970 bits per heavy atom. The van der Waals surface area contributed by atoms with Gasteiger partial charge in [-0.25, -0.2) is 0 Å². The maximum atomic E-state index is 12.5. The minimum atomic E-state index is -0.462. The molecule has 0 saturated carbocycles. The number of amides is 1. The molecule has 33 heavy (non-hydrogen) atoms. The Morgan fingerprint density at radius 2 is 1.70 bits per heavy atom. The molecule has 0 atom stereocenters. The molecule has 1 amide bonds. The summed E-state index contributed by atoms with van der Waals surface area (Å²) in [7, 11) is 0. The third-order valence-electron chi connectivity index (χ3n) is 4.93. The second-order valence-electron chi connectivity index (χ2n) is 7.21. The lowest BCUT2D eigenvalue weighted by Gasteiger charge is -2.07. The van der Waals surface area contributed by atoms with Crippen molar-refractivity contribution in [2.45, 2.75) is 13.2 Å². The molecule has 3 aromatic rings. The Morgan fingerprint density at radius 3 is 2.42 bits per heavy atom. The smallest absolute Gasteiger partial charge is 0.262 e. The van der Waals surface area contributed by atoms with Crippen LogP contribution < -0.4 is 19.5 Å². The van der Waals surface area contributed by atoms with Gasteiger partial charge in [0, 0.05) is 6.54 Å². The number of nitriles is 2. The van der Waals surface area contributed by atoms with E-state index >= 15 is 0 Å². The fourth-order valence-corrected chi connectivity index (χ4v) is 3.15. The monoisotopic (exact) mass is 437 g/mol. The molecule has 0 aliphatic carbocycles. The first-order valence-electron chi connectivity index (χ1n) is 10.1. The van der Waals surface area contributed by atoms with Gasteiger partial charge in [-0.2, -0.15) is 10.5 Å². The predicted octanol–water partition coefficient (Wildman–Crippen LogP) is 4.09. The molecule has 0 aromatic heterocycles. The second-order valence-corrected chi connectivity index (χ2v) is 7.21. The van der Waals surface area contributed by atoms with Crippen LogP contribution in [0.2, 0.25) is 0 Å². The van der Waals surface area contributed by atoms with Crippen LogP contribution >= 0.6 is 0 Å². The lowest BCUT2D eigenvalue weighted by atomic mass is 10.1. The van der Waals surface area contributed by atoms with Crippen molar-refractivity contribution in [3.63, 3.8) is 0 Å². The molecule has 1 aliphatic heterocycles. The Hall–Kier alpha value is -4.75. The number of ether oxygens (including phenoxy) is 3. The molecule has 0 fully saturated rings. The zero-order valence-corrected chi connectivity index (χ0v) is 17.6. The van der Waals surface area contributed by atoms with Crippen molar-refractivity contribution in [3.8, 4) is 29.4 Å². The highest BCUT2D eigenvalue weighted by Gasteiger charge is 2.14. The van der Waals surface area contributed by atoms with Gasteiger partial charge in [0.15, 0.2) is 11.5 Å². The summed E-state index contributed by atoms with van der Waals surface area (Å²) in [5.41, 5.74) is 3.10. The summed E-state index contributed by atoms with van der Waals surface area (Å²) >= 11 is 0. The van der Waals surface area contributed by atoms with E-state index in [1.165, 1.54) is 6.08 Å². The summed E-state index contributed by atoms with van der Waals surface area (Å²) in [6.07, 6.45) is 1.53. The molecular weight excluding hydrogens is 418 g/mol. The maximum absolute atomic E-state index is 12.5. The number of fused-ring (bicyclic) bond motifs is 1. The van der Waals surface area contributed by atoms with E-state index in [9.17, 15) is 10.1 Å². The van der Waals surface area contributed by atoms with E-state index in [1.807, 2.05) is 24.3 Å². The maximum Gasteiger partial charge on any atom is 0.262 e. The van der Waals surface area contributed by atoms with E-state index in [4.69, 9.17) is 19.5 Å². The van der Waals surface area contributed by atoms with E-state index in [0.717, 1.165) is 11.1 Å². The van der Waals surface area contributed by atoms with E-state index in [-0.39, 0.29) is 18.9 Å². The van der Waals surface area contributed by atoms with Crippen LogP contribution in [-0.2, 0) is 17.9 Å². The van der Waals surface area contributed by atoms with Crippen molar-refractivity contribution >= 4 is 12.0 Å². The Balaban J connectivity index is 1.33. The van der Waals surface area contributed by atoms with Crippen LogP contribution in [-0.4, -0.2) is 12.7 Å². The van der Waals surface area contributed by atoms with Gasteiger partial charge < -0.3 is 19.5 Å². The summed E-state index contributed by atoms with van der Waals surface area (Å²) < 4.78 is 16.4. The number of benzene rings is 3. The third-order valence-corrected chi connectivity index (χ3v) is 4.93. The van der Waals surface area contributed by atoms with E-state index in [1.54, 1.807) is 48.5 Å². The molecule has 1 heterocycles. The first-order valence-corrected chi connectivity index (χ1v) is 10.1. The second kappa shape index (κ2) is 10.0. The van der Waals surface area contributed by atoms with Crippen molar-refractivity contribution in [2.75, 3.05) is 6.79 Å². The highest BCUT2D eigenvalue weighted by molar-refractivity contribution is 6.01. The fourth-order valence-electron chi connectivity index (χ4n) is 3.15. The van der Waals surface area contributed by atoms with Crippen LogP contribution in [0, 0.1) is 22.7 Å². The zero-order valence-electron chi connectivity index (χ0n) is 17.6. The average Bonchev–Trinajstić information content (AvgIpc) is 3.33. The molecule has 1 aliphatic rings.